The van der Waals surface area contributed by atoms with E-state index in [1.165, 1.54) is 36.5 Å². The maximum atomic E-state index is 4.91. The zero-order valence-corrected chi connectivity index (χ0v) is 13.7. The number of fused-ring (bicyclic) bond motifs is 1. The molecule has 2 heterocycles. The Bertz CT molecular complexity index is 418. The Morgan fingerprint density at radius 2 is 1.95 bits per heavy atom. The zero-order chi connectivity index (χ0) is 14.5. The van der Waals surface area contributed by atoms with Crippen LogP contribution in [0.1, 0.15) is 64.2 Å². The third-order valence-corrected chi connectivity index (χ3v) is 4.07. The lowest BCUT2D eigenvalue weighted by Crippen LogP contribution is -2.25. The van der Waals surface area contributed by atoms with Gasteiger partial charge in [0.2, 0.25) is 0 Å². The second-order valence-corrected chi connectivity index (χ2v) is 6.99. The van der Waals surface area contributed by atoms with Crippen LogP contribution < -0.4 is 5.32 Å². The Hall–Kier alpha value is -0.830. The van der Waals surface area contributed by atoms with Gasteiger partial charge >= 0.3 is 0 Å². The molecule has 3 nitrogen and oxygen atoms in total. The number of unbranched alkanes of at least 4 members (excludes halogenated alkanes) is 1. The minimum atomic E-state index is 0.682. The predicted molar refractivity (Wildman–Crippen MR) is 84.9 cm³/mol. The zero-order valence-electron chi connectivity index (χ0n) is 13.7. The van der Waals surface area contributed by atoms with Crippen molar-refractivity contribution in [3.63, 3.8) is 0 Å². The summed E-state index contributed by atoms with van der Waals surface area (Å²) in [5, 5.41) is 3.44. The van der Waals surface area contributed by atoms with Crippen molar-refractivity contribution < 1.29 is 0 Å². The van der Waals surface area contributed by atoms with E-state index in [2.05, 4.69) is 37.6 Å². The third-order valence-electron chi connectivity index (χ3n) is 4.07. The number of aromatic nitrogens is 2. The second kappa shape index (κ2) is 7.26. The first-order valence-corrected chi connectivity index (χ1v) is 8.35. The molecule has 20 heavy (non-hydrogen) atoms. The van der Waals surface area contributed by atoms with Gasteiger partial charge in [-0.1, -0.05) is 40.5 Å². The molecule has 1 N–H and O–H groups in total. The van der Waals surface area contributed by atoms with Gasteiger partial charge in [-0.05, 0) is 18.3 Å². The van der Waals surface area contributed by atoms with Crippen molar-refractivity contribution in [2.75, 3.05) is 6.54 Å². The van der Waals surface area contributed by atoms with E-state index in [0.717, 1.165) is 38.4 Å². The molecule has 0 unspecified atom stereocenters. The van der Waals surface area contributed by atoms with Crippen LogP contribution in [0, 0.1) is 11.8 Å². The molecule has 0 aliphatic carbocycles. The average molecular weight is 277 g/mol. The Balaban J connectivity index is 2.05. The van der Waals surface area contributed by atoms with Crippen LogP contribution in [0.2, 0.25) is 0 Å². The molecule has 0 aromatic carbocycles. The number of nitrogens with one attached hydrogen (secondary N) is 1. The highest BCUT2D eigenvalue weighted by atomic mass is 15.1. The van der Waals surface area contributed by atoms with E-state index in [9.17, 15) is 0 Å². The predicted octanol–water partition coefficient (Wildman–Crippen LogP) is 3.55. The van der Waals surface area contributed by atoms with Gasteiger partial charge in [-0.25, -0.2) is 4.98 Å². The first-order chi connectivity index (χ1) is 9.58. The van der Waals surface area contributed by atoms with Gasteiger partial charge in [0.15, 0.2) is 0 Å². The lowest BCUT2D eigenvalue weighted by atomic mass is 10.1. The molecule has 1 aliphatic heterocycles. The van der Waals surface area contributed by atoms with Crippen LogP contribution in [0.25, 0.3) is 0 Å². The summed E-state index contributed by atoms with van der Waals surface area (Å²) in [5.41, 5.74) is 2.81. The van der Waals surface area contributed by atoms with Crippen LogP contribution in [-0.2, 0) is 25.9 Å². The summed E-state index contributed by atoms with van der Waals surface area (Å²) in [6.45, 7) is 12.4. The molecule has 0 saturated carbocycles. The van der Waals surface area contributed by atoms with Crippen molar-refractivity contribution in [2.24, 2.45) is 11.8 Å². The van der Waals surface area contributed by atoms with E-state index in [1.807, 2.05) is 0 Å². The highest BCUT2D eigenvalue weighted by molar-refractivity contribution is 5.20. The minimum Gasteiger partial charge on any atom is -0.332 e. The normalized spacial score (nSPS) is 15.1. The molecule has 0 amide bonds. The van der Waals surface area contributed by atoms with Crippen molar-refractivity contribution >= 4 is 0 Å². The van der Waals surface area contributed by atoms with Crippen LogP contribution in [0.15, 0.2) is 0 Å². The van der Waals surface area contributed by atoms with Crippen LogP contribution in [-0.4, -0.2) is 16.1 Å². The van der Waals surface area contributed by atoms with Gasteiger partial charge in [-0.15, -0.1) is 0 Å². The fraction of sp³-hybridized carbons (Fsp3) is 0.824. The maximum Gasteiger partial charge on any atom is 0.109 e. The highest BCUT2D eigenvalue weighted by Crippen LogP contribution is 2.20. The molecular weight excluding hydrogens is 246 g/mol. The molecule has 3 heteroatoms. The smallest absolute Gasteiger partial charge is 0.109 e. The third kappa shape index (κ3) is 4.08. The topological polar surface area (TPSA) is 29.9 Å². The highest BCUT2D eigenvalue weighted by Gasteiger charge is 2.19. The summed E-state index contributed by atoms with van der Waals surface area (Å²) in [6, 6.07) is 0. The molecule has 0 spiro atoms. The number of rotatable bonds is 7. The molecule has 0 saturated heterocycles. The van der Waals surface area contributed by atoms with Gasteiger partial charge in [-0.3, -0.25) is 0 Å². The fourth-order valence-corrected chi connectivity index (χ4v) is 3.03. The van der Waals surface area contributed by atoms with Gasteiger partial charge in [0.1, 0.15) is 5.82 Å². The standard InChI is InChI=1S/C17H31N3/c1-13(2)7-5-6-10-20-16-8-9-18-12-15(16)19-17(20)11-14(3)4/h13-14,18H,5-12H2,1-4H3. The average Bonchev–Trinajstić information content (AvgIpc) is 2.71. The molecule has 2 rings (SSSR count). The van der Waals surface area contributed by atoms with Crippen LogP contribution in [0.4, 0.5) is 0 Å². The van der Waals surface area contributed by atoms with E-state index >= 15 is 0 Å². The van der Waals surface area contributed by atoms with Crippen molar-refractivity contribution in [2.45, 2.75) is 72.9 Å². The maximum absolute atomic E-state index is 4.91. The second-order valence-electron chi connectivity index (χ2n) is 6.99. The minimum absolute atomic E-state index is 0.682. The van der Waals surface area contributed by atoms with Crippen molar-refractivity contribution in [1.82, 2.24) is 14.9 Å². The van der Waals surface area contributed by atoms with Crippen LogP contribution in [0.3, 0.4) is 0 Å². The fourth-order valence-electron chi connectivity index (χ4n) is 3.03. The molecule has 0 fully saturated rings. The lowest BCUT2D eigenvalue weighted by Gasteiger charge is -2.17. The molecule has 1 aromatic rings. The van der Waals surface area contributed by atoms with Gasteiger partial charge in [0.25, 0.3) is 0 Å². The summed E-state index contributed by atoms with van der Waals surface area (Å²) < 4.78 is 2.54. The van der Waals surface area contributed by atoms with E-state index in [1.54, 1.807) is 0 Å². The summed E-state index contributed by atoms with van der Waals surface area (Å²) in [5.74, 6) is 2.82. The molecule has 114 valence electrons. The van der Waals surface area contributed by atoms with Gasteiger partial charge < -0.3 is 9.88 Å². The molecule has 1 aliphatic rings. The Labute approximate surface area is 124 Å². The van der Waals surface area contributed by atoms with E-state index in [0.29, 0.717) is 5.92 Å². The van der Waals surface area contributed by atoms with E-state index < -0.39 is 0 Å². The quantitative estimate of drug-likeness (QED) is 0.772. The van der Waals surface area contributed by atoms with Gasteiger partial charge in [-0.2, -0.15) is 0 Å². The number of hydrogen-bond acceptors (Lipinski definition) is 2. The number of hydrogen-bond donors (Lipinski definition) is 1. The Morgan fingerprint density at radius 3 is 2.65 bits per heavy atom. The van der Waals surface area contributed by atoms with E-state index in [-0.39, 0.29) is 0 Å². The molecule has 1 aromatic heterocycles. The van der Waals surface area contributed by atoms with Crippen molar-refractivity contribution in [1.29, 1.82) is 0 Å². The first kappa shape index (κ1) is 15.6. The van der Waals surface area contributed by atoms with Crippen LogP contribution >= 0.6 is 0 Å². The summed E-state index contributed by atoms with van der Waals surface area (Å²) >= 11 is 0. The van der Waals surface area contributed by atoms with Gasteiger partial charge in [0, 0.05) is 38.2 Å². The SMILES string of the molecule is CC(C)CCCCn1c(CC(C)C)nc2c1CCNC2. The molecular formula is C17H31N3. The summed E-state index contributed by atoms with van der Waals surface area (Å²) in [7, 11) is 0. The Kier molecular flexibility index (Phi) is 5.64. The molecule has 0 atom stereocenters. The number of imidazole rings is 1. The van der Waals surface area contributed by atoms with E-state index in [4.69, 9.17) is 4.98 Å². The molecule has 0 radical (unpaired) electrons. The van der Waals surface area contributed by atoms with Crippen molar-refractivity contribution in [3.8, 4) is 0 Å². The van der Waals surface area contributed by atoms with Crippen molar-refractivity contribution in [3.05, 3.63) is 17.2 Å². The largest absolute Gasteiger partial charge is 0.332 e. The van der Waals surface area contributed by atoms with Gasteiger partial charge in [0.05, 0.1) is 5.69 Å². The first-order valence-electron chi connectivity index (χ1n) is 8.35. The summed E-state index contributed by atoms with van der Waals surface area (Å²) in [4.78, 5) is 4.91. The lowest BCUT2D eigenvalue weighted by molar-refractivity contribution is 0.484. The number of nitrogens with zero attached hydrogens (tertiary/aromatic N) is 2. The summed E-state index contributed by atoms with van der Waals surface area (Å²) in [6.07, 6.45) is 6.23. The Morgan fingerprint density at radius 1 is 1.15 bits per heavy atom. The van der Waals surface area contributed by atoms with Crippen LogP contribution in [0.5, 0.6) is 0 Å². The monoisotopic (exact) mass is 277 g/mol. The molecule has 0 bridgehead atoms.